The first kappa shape index (κ1) is 10.1. The lowest BCUT2D eigenvalue weighted by atomic mass is 10.1. The van der Waals surface area contributed by atoms with Gasteiger partial charge in [0, 0.05) is 18.5 Å². The second kappa shape index (κ2) is 3.95. The minimum atomic E-state index is -0.409. The Kier molecular flexibility index (Phi) is 2.64. The van der Waals surface area contributed by atoms with E-state index < -0.39 is 5.82 Å². The lowest BCUT2D eigenvalue weighted by Gasteiger charge is -2.02. The predicted octanol–water partition coefficient (Wildman–Crippen LogP) is 3.24. The van der Waals surface area contributed by atoms with Crippen LogP contribution in [0.4, 0.5) is 4.39 Å². The lowest BCUT2D eigenvalue weighted by Crippen LogP contribution is -1.90. The fraction of sp³-hybridized carbons (Fsp3) is 0.0909. The number of aromatic nitrogens is 2. The van der Waals surface area contributed by atoms with Crippen molar-refractivity contribution in [1.29, 1.82) is 0 Å². The molecule has 4 heteroatoms. The van der Waals surface area contributed by atoms with Gasteiger partial charge in [0.25, 0.3) is 0 Å². The van der Waals surface area contributed by atoms with Gasteiger partial charge in [0.2, 0.25) is 0 Å². The Morgan fingerprint density at radius 2 is 2.07 bits per heavy atom. The highest BCUT2D eigenvalue weighted by atomic mass is 35.5. The monoisotopic (exact) mass is 222 g/mol. The molecule has 0 spiro atoms. The Hall–Kier alpha value is -1.48. The van der Waals surface area contributed by atoms with E-state index in [9.17, 15) is 4.39 Å². The normalized spacial score (nSPS) is 10.3. The lowest BCUT2D eigenvalue weighted by molar-refractivity contribution is 0.628. The van der Waals surface area contributed by atoms with E-state index >= 15 is 0 Å². The van der Waals surface area contributed by atoms with Gasteiger partial charge >= 0.3 is 0 Å². The first-order valence-corrected chi connectivity index (χ1v) is 4.78. The molecule has 0 aliphatic rings. The molecular formula is C11H8ClFN2. The summed E-state index contributed by atoms with van der Waals surface area (Å²) in [5, 5.41) is 0.143. The minimum Gasteiger partial charge on any atom is -0.256 e. The maximum Gasteiger partial charge on any atom is 0.137 e. The van der Waals surface area contributed by atoms with Crippen LogP contribution in [0.2, 0.25) is 5.15 Å². The molecule has 2 heterocycles. The molecule has 2 rings (SSSR count). The largest absolute Gasteiger partial charge is 0.256 e. The van der Waals surface area contributed by atoms with Crippen LogP contribution in [0.25, 0.3) is 11.3 Å². The predicted molar refractivity (Wildman–Crippen MR) is 57.2 cm³/mol. The zero-order valence-corrected chi connectivity index (χ0v) is 8.79. The quantitative estimate of drug-likeness (QED) is 0.693. The molecule has 76 valence electrons. The SMILES string of the molecule is Cc1ccnc(-c2cnc(Cl)cc2F)c1. The van der Waals surface area contributed by atoms with Crippen molar-refractivity contribution >= 4 is 11.6 Å². The number of pyridine rings is 2. The molecule has 0 bridgehead atoms. The molecule has 0 saturated carbocycles. The Morgan fingerprint density at radius 1 is 1.27 bits per heavy atom. The van der Waals surface area contributed by atoms with Crippen LogP contribution in [0.5, 0.6) is 0 Å². The van der Waals surface area contributed by atoms with Crippen molar-refractivity contribution in [2.75, 3.05) is 0 Å². The molecule has 0 saturated heterocycles. The van der Waals surface area contributed by atoms with Crippen LogP contribution in [-0.2, 0) is 0 Å². The molecule has 15 heavy (non-hydrogen) atoms. The van der Waals surface area contributed by atoms with Gasteiger partial charge in [-0.1, -0.05) is 11.6 Å². The zero-order valence-electron chi connectivity index (χ0n) is 8.04. The van der Waals surface area contributed by atoms with Gasteiger partial charge in [-0.3, -0.25) is 4.98 Å². The third-order valence-electron chi connectivity index (χ3n) is 2.01. The van der Waals surface area contributed by atoms with Crippen molar-refractivity contribution < 1.29 is 4.39 Å². The molecule has 0 unspecified atom stereocenters. The molecule has 0 aromatic carbocycles. The van der Waals surface area contributed by atoms with Crippen LogP contribution in [0.15, 0.2) is 30.6 Å². The topological polar surface area (TPSA) is 25.8 Å². The summed E-state index contributed by atoms with van der Waals surface area (Å²) in [4.78, 5) is 7.91. The van der Waals surface area contributed by atoms with Crippen molar-refractivity contribution in [1.82, 2.24) is 9.97 Å². The standard InChI is InChI=1S/C11H8ClFN2/c1-7-2-3-14-10(4-7)8-6-15-11(12)5-9(8)13/h2-6H,1H3. The van der Waals surface area contributed by atoms with Crippen molar-refractivity contribution in [2.24, 2.45) is 0 Å². The fourth-order valence-corrected chi connectivity index (χ4v) is 1.42. The molecule has 2 aromatic heterocycles. The first-order chi connectivity index (χ1) is 7.16. The summed E-state index contributed by atoms with van der Waals surface area (Å²) >= 11 is 5.56. The number of halogens is 2. The average molecular weight is 223 g/mol. The van der Waals surface area contributed by atoms with Crippen LogP contribution < -0.4 is 0 Å². The molecule has 0 atom stereocenters. The van der Waals surface area contributed by atoms with E-state index in [1.54, 1.807) is 12.3 Å². The number of hydrogen-bond acceptors (Lipinski definition) is 2. The third-order valence-corrected chi connectivity index (χ3v) is 2.22. The van der Waals surface area contributed by atoms with E-state index in [-0.39, 0.29) is 5.15 Å². The van der Waals surface area contributed by atoms with Crippen molar-refractivity contribution in [3.05, 3.63) is 47.1 Å². The number of nitrogens with zero attached hydrogens (tertiary/aromatic N) is 2. The molecule has 0 aliphatic heterocycles. The number of rotatable bonds is 1. The van der Waals surface area contributed by atoms with Crippen LogP contribution in [0.1, 0.15) is 5.56 Å². The van der Waals surface area contributed by atoms with Gasteiger partial charge in [-0.25, -0.2) is 9.37 Å². The smallest absolute Gasteiger partial charge is 0.137 e. The summed E-state index contributed by atoms with van der Waals surface area (Å²) in [6.07, 6.45) is 3.03. The molecule has 0 amide bonds. The average Bonchev–Trinajstić information content (AvgIpc) is 2.17. The van der Waals surface area contributed by atoms with Gasteiger partial charge in [0.15, 0.2) is 0 Å². The second-order valence-corrected chi connectivity index (χ2v) is 3.59. The summed E-state index contributed by atoms with van der Waals surface area (Å²) in [6.45, 7) is 1.92. The molecule has 0 N–H and O–H groups in total. The number of aryl methyl sites for hydroxylation is 1. The molecule has 2 aromatic rings. The van der Waals surface area contributed by atoms with E-state index in [2.05, 4.69) is 9.97 Å². The fourth-order valence-electron chi connectivity index (χ4n) is 1.28. The van der Waals surface area contributed by atoms with E-state index in [1.165, 1.54) is 12.3 Å². The van der Waals surface area contributed by atoms with E-state index in [1.807, 2.05) is 13.0 Å². The summed E-state index contributed by atoms with van der Waals surface area (Å²) in [5.41, 5.74) is 1.95. The molecule has 2 nitrogen and oxygen atoms in total. The highest BCUT2D eigenvalue weighted by Gasteiger charge is 2.07. The Balaban J connectivity index is 2.54. The van der Waals surface area contributed by atoms with Gasteiger partial charge < -0.3 is 0 Å². The van der Waals surface area contributed by atoms with Gasteiger partial charge in [0.1, 0.15) is 11.0 Å². The van der Waals surface area contributed by atoms with Crippen LogP contribution in [0.3, 0.4) is 0 Å². The van der Waals surface area contributed by atoms with Crippen LogP contribution in [-0.4, -0.2) is 9.97 Å². The van der Waals surface area contributed by atoms with E-state index in [0.29, 0.717) is 11.3 Å². The van der Waals surface area contributed by atoms with Gasteiger partial charge in [-0.05, 0) is 24.6 Å². The Labute approximate surface area is 91.8 Å². The Morgan fingerprint density at radius 3 is 2.73 bits per heavy atom. The molecular weight excluding hydrogens is 215 g/mol. The summed E-state index contributed by atoms with van der Waals surface area (Å²) in [6, 6.07) is 4.83. The first-order valence-electron chi connectivity index (χ1n) is 4.41. The second-order valence-electron chi connectivity index (χ2n) is 3.21. The summed E-state index contributed by atoms with van der Waals surface area (Å²) in [5.74, 6) is -0.409. The van der Waals surface area contributed by atoms with Gasteiger partial charge in [-0.15, -0.1) is 0 Å². The summed E-state index contributed by atoms with van der Waals surface area (Å²) in [7, 11) is 0. The number of hydrogen-bond donors (Lipinski definition) is 0. The minimum absolute atomic E-state index is 0.143. The maximum atomic E-state index is 13.5. The van der Waals surface area contributed by atoms with Gasteiger partial charge in [-0.2, -0.15) is 0 Å². The highest BCUT2D eigenvalue weighted by molar-refractivity contribution is 6.29. The van der Waals surface area contributed by atoms with Crippen molar-refractivity contribution in [3.8, 4) is 11.3 Å². The van der Waals surface area contributed by atoms with Crippen molar-refractivity contribution in [2.45, 2.75) is 6.92 Å². The molecule has 0 aliphatic carbocycles. The van der Waals surface area contributed by atoms with E-state index in [0.717, 1.165) is 5.56 Å². The summed E-state index contributed by atoms with van der Waals surface area (Å²) < 4.78 is 13.5. The molecule has 0 radical (unpaired) electrons. The van der Waals surface area contributed by atoms with Crippen LogP contribution >= 0.6 is 11.6 Å². The van der Waals surface area contributed by atoms with Gasteiger partial charge in [0.05, 0.1) is 11.3 Å². The zero-order chi connectivity index (χ0) is 10.8. The molecule has 0 fully saturated rings. The van der Waals surface area contributed by atoms with Crippen LogP contribution in [0, 0.1) is 12.7 Å². The third kappa shape index (κ3) is 2.13. The highest BCUT2D eigenvalue weighted by Crippen LogP contribution is 2.22. The van der Waals surface area contributed by atoms with Crippen molar-refractivity contribution in [3.63, 3.8) is 0 Å². The Bertz CT molecular complexity index is 500. The maximum absolute atomic E-state index is 13.5. The van der Waals surface area contributed by atoms with E-state index in [4.69, 9.17) is 11.6 Å².